The van der Waals surface area contributed by atoms with Gasteiger partial charge in [0.05, 0.1) is 23.6 Å². The van der Waals surface area contributed by atoms with E-state index in [1.807, 2.05) is 61.5 Å². The molecule has 1 amide bonds. The maximum absolute atomic E-state index is 13.2. The van der Waals surface area contributed by atoms with E-state index in [2.05, 4.69) is 48.9 Å². The summed E-state index contributed by atoms with van der Waals surface area (Å²) in [7, 11) is 2.12. The number of aromatic amines is 1. The van der Waals surface area contributed by atoms with Crippen molar-refractivity contribution in [3.8, 4) is 16.9 Å². The van der Waals surface area contributed by atoms with Gasteiger partial charge >= 0.3 is 0 Å². The molecule has 5 rings (SSSR count). The number of H-pyrrole nitrogens is 1. The third-order valence-electron chi connectivity index (χ3n) is 6.51. The van der Waals surface area contributed by atoms with Crippen molar-refractivity contribution in [2.45, 2.75) is 6.92 Å². The van der Waals surface area contributed by atoms with E-state index >= 15 is 0 Å². The number of pyridine rings is 2. The smallest absolute Gasteiger partial charge is 0.276 e. The summed E-state index contributed by atoms with van der Waals surface area (Å²) in [5.74, 6) is 1.94. The Hall–Kier alpha value is -4.76. The van der Waals surface area contributed by atoms with E-state index in [9.17, 15) is 4.79 Å². The van der Waals surface area contributed by atoms with Crippen molar-refractivity contribution in [1.82, 2.24) is 25.1 Å². The molecule has 0 unspecified atom stereocenters. The third kappa shape index (κ3) is 6.22. The van der Waals surface area contributed by atoms with Crippen molar-refractivity contribution in [1.29, 1.82) is 0 Å². The average molecular weight is 522 g/mol. The summed E-state index contributed by atoms with van der Waals surface area (Å²) >= 11 is 0. The van der Waals surface area contributed by atoms with Gasteiger partial charge in [-0.2, -0.15) is 5.10 Å². The number of ether oxygens (including phenoxy) is 1. The van der Waals surface area contributed by atoms with Crippen molar-refractivity contribution in [2.75, 3.05) is 43.4 Å². The molecule has 2 N–H and O–H groups in total. The van der Waals surface area contributed by atoms with E-state index in [-0.39, 0.29) is 5.91 Å². The van der Waals surface area contributed by atoms with Gasteiger partial charge < -0.3 is 19.9 Å². The number of nitrogens with zero attached hydrogens (tertiary/aromatic N) is 5. The molecule has 1 aromatic carbocycles. The third-order valence-corrected chi connectivity index (χ3v) is 6.51. The van der Waals surface area contributed by atoms with Crippen LogP contribution in [0.2, 0.25) is 0 Å². The number of benzene rings is 1. The van der Waals surface area contributed by atoms with Gasteiger partial charge in [-0.25, -0.2) is 4.98 Å². The zero-order chi connectivity index (χ0) is 27.2. The highest BCUT2D eigenvalue weighted by Crippen LogP contribution is 2.28. The summed E-state index contributed by atoms with van der Waals surface area (Å²) < 4.78 is 5.90. The Bertz CT molecular complexity index is 1530. The Morgan fingerprint density at radius 1 is 1.05 bits per heavy atom. The summed E-state index contributed by atoms with van der Waals surface area (Å²) in [6.07, 6.45) is 12.4. The molecule has 4 heterocycles. The molecule has 0 aliphatic carbocycles. The lowest BCUT2D eigenvalue weighted by molar-refractivity contribution is 0.102. The van der Waals surface area contributed by atoms with Gasteiger partial charge in [-0.15, -0.1) is 0 Å². The Kier molecular flexibility index (Phi) is 7.79. The Morgan fingerprint density at radius 2 is 1.90 bits per heavy atom. The van der Waals surface area contributed by atoms with Crippen LogP contribution >= 0.6 is 0 Å². The fourth-order valence-electron chi connectivity index (χ4n) is 4.36. The molecular weight excluding hydrogens is 490 g/mol. The standard InChI is InChI=1S/C30H31N7O2/c1-4-5-6-7-21(2)39-25-16-23(18-31-20-25)22-8-10-27-26(17-22)29(35-34-27)30(38)33-24-9-11-28(32-19-24)37-14-12-36(3)13-15-37/h4-11,16-20H,1,12-15H2,2-3H3,(H,33,38)(H,34,35)/b6-5-,21-7+. The van der Waals surface area contributed by atoms with Gasteiger partial charge in [-0.05, 0) is 55.9 Å². The summed E-state index contributed by atoms with van der Waals surface area (Å²) in [4.78, 5) is 26.6. The fraction of sp³-hybridized carbons (Fsp3) is 0.200. The monoisotopic (exact) mass is 521 g/mol. The number of carbonyl (C=O) groups is 1. The van der Waals surface area contributed by atoms with E-state index in [0.717, 1.165) is 54.4 Å². The maximum Gasteiger partial charge on any atom is 0.276 e. The number of amides is 1. The molecule has 0 bridgehead atoms. The highest BCUT2D eigenvalue weighted by Gasteiger charge is 2.18. The lowest BCUT2D eigenvalue weighted by atomic mass is 10.0. The number of nitrogens with one attached hydrogen (secondary N) is 2. The highest BCUT2D eigenvalue weighted by atomic mass is 16.5. The van der Waals surface area contributed by atoms with Gasteiger partial charge in [0.2, 0.25) is 0 Å². The van der Waals surface area contributed by atoms with Crippen molar-refractivity contribution in [3.63, 3.8) is 0 Å². The van der Waals surface area contributed by atoms with Crippen molar-refractivity contribution < 1.29 is 9.53 Å². The lowest BCUT2D eigenvalue weighted by Gasteiger charge is -2.33. The number of piperazine rings is 1. The number of fused-ring (bicyclic) bond motifs is 1. The fourth-order valence-corrected chi connectivity index (χ4v) is 4.36. The van der Waals surface area contributed by atoms with Crippen LogP contribution in [-0.4, -0.2) is 64.2 Å². The molecule has 39 heavy (non-hydrogen) atoms. The van der Waals surface area contributed by atoms with Crippen LogP contribution in [0.15, 0.2) is 91.6 Å². The number of allylic oxidation sites excluding steroid dienone is 5. The van der Waals surface area contributed by atoms with Crippen molar-refractivity contribution in [3.05, 3.63) is 97.3 Å². The second-order valence-corrected chi connectivity index (χ2v) is 9.39. The first-order valence-corrected chi connectivity index (χ1v) is 12.8. The summed E-state index contributed by atoms with van der Waals surface area (Å²) in [6.45, 7) is 9.41. The SMILES string of the molecule is C=C/C=C\C=C(/C)Oc1cncc(-c2ccc3[nH]nc(C(=O)Nc4ccc(N5CCN(C)CC5)nc4)c3c2)c1. The predicted octanol–water partition coefficient (Wildman–Crippen LogP) is 5.05. The number of carbonyl (C=O) groups excluding carboxylic acids is 1. The van der Waals surface area contributed by atoms with Gasteiger partial charge in [0.25, 0.3) is 5.91 Å². The molecule has 0 spiro atoms. The van der Waals surface area contributed by atoms with Crippen LogP contribution in [-0.2, 0) is 0 Å². The van der Waals surface area contributed by atoms with E-state index in [1.54, 1.807) is 24.7 Å². The average Bonchev–Trinajstić information content (AvgIpc) is 3.38. The molecule has 4 aromatic rings. The summed E-state index contributed by atoms with van der Waals surface area (Å²) in [6, 6.07) is 11.5. The van der Waals surface area contributed by atoms with Crippen LogP contribution in [0, 0.1) is 0 Å². The molecule has 3 aromatic heterocycles. The quantitative estimate of drug-likeness (QED) is 0.247. The van der Waals surface area contributed by atoms with Crippen LogP contribution in [0.25, 0.3) is 22.0 Å². The van der Waals surface area contributed by atoms with Crippen molar-refractivity contribution >= 4 is 28.3 Å². The van der Waals surface area contributed by atoms with E-state index < -0.39 is 0 Å². The zero-order valence-electron chi connectivity index (χ0n) is 22.1. The summed E-state index contributed by atoms with van der Waals surface area (Å²) in [5, 5.41) is 10.9. The molecule has 198 valence electrons. The molecule has 9 nitrogen and oxygen atoms in total. The van der Waals surface area contributed by atoms with Gasteiger partial charge in [0.1, 0.15) is 17.3 Å². The molecule has 0 saturated carbocycles. The molecular formula is C30H31N7O2. The number of anilines is 2. The van der Waals surface area contributed by atoms with E-state index in [4.69, 9.17) is 4.74 Å². The first kappa shape index (κ1) is 25.9. The molecule has 0 atom stereocenters. The van der Waals surface area contributed by atoms with Crippen LogP contribution < -0.4 is 15.0 Å². The second kappa shape index (κ2) is 11.7. The van der Waals surface area contributed by atoms with Gasteiger partial charge in [-0.3, -0.25) is 14.9 Å². The number of aromatic nitrogens is 4. The molecule has 1 fully saturated rings. The Labute approximate surface area is 227 Å². The highest BCUT2D eigenvalue weighted by molar-refractivity contribution is 6.11. The number of rotatable bonds is 8. The molecule has 1 aliphatic rings. The van der Waals surface area contributed by atoms with E-state index in [0.29, 0.717) is 22.5 Å². The first-order chi connectivity index (χ1) is 19.0. The summed E-state index contributed by atoms with van der Waals surface area (Å²) in [5.41, 5.74) is 3.44. The van der Waals surface area contributed by atoms with Crippen LogP contribution in [0.5, 0.6) is 5.75 Å². The Morgan fingerprint density at radius 3 is 2.67 bits per heavy atom. The minimum atomic E-state index is -0.309. The van der Waals surface area contributed by atoms with Gasteiger partial charge in [0.15, 0.2) is 5.69 Å². The largest absolute Gasteiger partial charge is 0.460 e. The van der Waals surface area contributed by atoms with Gasteiger partial charge in [-0.1, -0.05) is 30.9 Å². The number of likely N-dealkylation sites (N-methyl/N-ethyl adjacent to an activating group) is 1. The normalized spacial score (nSPS) is 14.6. The molecule has 1 aliphatic heterocycles. The van der Waals surface area contributed by atoms with Crippen LogP contribution in [0.3, 0.4) is 0 Å². The Balaban J connectivity index is 1.32. The lowest BCUT2D eigenvalue weighted by Crippen LogP contribution is -2.44. The maximum atomic E-state index is 13.2. The first-order valence-electron chi connectivity index (χ1n) is 12.8. The van der Waals surface area contributed by atoms with Crippen molar-refractivity contribution in [2.24, 2.45) is 0 Å². The van der Waals surface area contributed by atoms with Gasteiger partial charge in [0, 0.05) is 43.3 Å². The van der Waals surface area contributed by atoms with Crippen LogP contribution in [0.4, 0.5) is 11.5 Å². The molecule has 1 saturated heterocycles. The minimum Gasteiger partial charge on any atom is -0.460 e. The van der Waals surface area contributed by atoms with Crippen LogP contribution in [0.1, 0.15) is 17.4 Å². The number of hydrogen-bond acceptors (Lipinski definition) is 7. The predicted molar refractivity (Wildman–Crippen MR) is 155 cm³/mol. The molecule has 9 heteroatoms. The zero-order valence-corrected chi connectivity index (χ0v) is 22.1. The minimum absolute atomic E-state index is 0.308. The molecule has 0 radical (unpaired) electrons. The topological polar surface area (TPSA) is 99.3 Å². The number of hydrogen-bond donors (Lipinski definition) is 2. The van der Waals surface area contributed by atoms with E-state index in [1.165, 1.54) is 0 Å². The second-order valence-electron chi connectivity index (χ2n) is 9.39.